The number of nitrogens with zero attached hydrogens (tertiary/aromatic N) is 1. The molecule has 21 heavy (non-hydrogen) atoms. The van der Waals surface area contributed by atoms with E-state index in [1.165, 1.54) is 0 Å². The van der Waals surface area contributed by atoms with Crippen LogP contribution in [0.3, 0.4) is 0 Å². The van der Waals surface area contributed by atoms with Crippen molar-refractivity contribution >= 4 is 22.9 Å². The molecule has 0 aliphatic carbocycles. The molecule has 114 valence electrons. The third-order valence-corrected chi connectivity index (χ3v) is 4.73. The Labute approximate surface area is 125 Å². The highest BCUT2D eigenvalue weighted by Crippen LogP contribution is 2.16. The summed E-state index contributed by atoms with van der Waals surface area (Å²) in [5.41, 5.74) is 6.10. The van der Waals surface area contributed by atoms with Crippen LogP contribution in [0.1, 0.15) is 5.56 Å². The predicted octanol–water partition coefficient (Wildman–Crippen LogP) is -0.514. The first-order valence-corrected chi connectivity index (χ1v) is 7.66. The van der Waals surface area contributed by atoms with Gasteiger partial charge in [0.1, 0.15) is 17.0 Å². The molecule has 3 amide bonds. The molecule has 1 fully saturated rings. The van der Waals surface area contributed by atoms with E-state index < -0.39 is 23.1 Å². The number of aryl methyl sites for hydroxylation is 1. The van der Waals surface area contributed by atoms with Gasteiger partial charge in [0.15, 0.2) is 0 Å². The molecule has 8 heteroatoms. The first kappa shape index (κ1) is 15.5. The van der Waals surface area contributed by atoms with Crippen LogP contribution in [-0.4, -0.2) is 46.1 Å². The van der Waals surface area contributed by atoms with Gasteiger partial charge in [0, 0.05) is 19.6 Å². The zero-order chi connectivity index (χ0) is 15.4. The summed E-state index contributed by atoms with van der Waals surface area (Å²) in [6.45, 7) is 2.83. The number of nitrogens with two attached hydrogens (primary N) is 1. The zero-order valence-electron chi connectivity index (χ0n) is 11.7. The molecular formula is C13H18N4O3S. The summed E-state index contributed by atoms with van der Waals surface area (Å²) < 4.78 is 14.2. The van der Waals surface area contributed by atoms with E-state index in [4.69, 9.17) is 5.73 Å². The van der Waals surface area contributed by atoms with E-state index in [1.54, 1.807) is 16.4 Å². The van der Waals surface area contributed by atoms with Crippen molar-refractivity contribution in [3.63, 3.8) is 0 Å². The fourth-order valence-electron chi connectivity index (χ4n) is 2.07. The Balaban J connectivity index is 2.17. The molecule has 1 aliphatic heterocycles. The lowest BCUT2D eigenvalue weighted by atomic mass is 10.2. The topological polar surface area (TPSA) is 105 Å². The molecule has 0 aromatic heterocycles. The third kappa shape index (κ3) is 3.79. The normalized spacial score (nSPS) is 20.6. The molecule has 0 spiro atoms. The second-order valence-corrected chi connectivity index (χ2v) is 6.19. The fraction of sp³-hybridized carbons (Fsp3) is 0.385. The first-order valence-electron chi connectivity index (χ1n) is 6.55. The average Bonchev–Trinajstić information content (AvgIpc) is 2.45. The van der Waals surface area contributed by atoms with Crippen LogP contribution in [-0.2, 0) is 15.8 Å². The second-order valence-electron chi connectivity index (χ2n) is 4.75. The highest BCUT2D eigenvalue weighted by atomic mass is 32.2. The number of hydrogen-bond donors (Lipinski definition) is 3. The van der Waals surface area contributed by atoms with Gasteiger partial charge in [-0.25, -0.2) is 13.3 Å². The number of carbonyl (C=O) groups excluding carboxylic acids is 2. The van der Waals surface area contributed by atoms with E-state index in [9.17, 15) is 13.8 Å². The molecule has 0 saturated carbocycles. The predicted molar refractivity (Wildman–Crippen MR) is 78.7 cm³/mol. The number of piperazine rings is 1. The van der Waals surface area contributed by atoms with E-state index in [0.717, 1.165) is 5.56 Å². The maximum Gasteiger partial charge on any atom is 0.312 e. The molecule has 0 radical (unpaired) electrons. The van der Waals surface area contributed by atoms with Crippen LogP contribution in [0.5, 0.6) is 0 Å². The van der Waals surface area contributed by atoms with Crippen molar-refractivity contribution in [2.24, 2.45) is 5.73 Å². The number of amides is 3. The maximum atomic E-state index is 12.6. The van der Waals surface area contributed by atoms with Crippen molar-refractivity contribution in [1.82, 2.24) is 14.9 Å². The molecule has 1 aromatic carbocycles. The Kier molecular flexibility index (Phi) is 4.92. The van der Waals surface area contributed by atoms with E-state index in [0.29, 0.717) is 18.0 Å². The SMILES string of the molecule is Cc1ccc(S(=O)N2CCNC(=O)C2CNC(N)=O)cc1. The molecular weight excluding hydrogens is 292 g/mol. The van der Waals surface area contributed by atoms with Crippen molar-refractivity contribution < 1.29 is 13.8 Å². The van der Waals surface area contributed by atoms with Crippen LogP contribution in [0.4, 0.5) is 4.79 Å². The van der Waals surface area contributed by atoms with Crippen LogP contribution in [0.25, 0.3) is 0 Å². The van der Waals surface area contributed by atoms with Crippen LogP contribution in [0.2, 0.25) is 0 Å². The Bertz CT molecular complexity index is 561. The van der Waals surface area contributed by atoms with Gasteiger partial charge in [-0.3, -0.25) is 4.79 Å². The van der Waals surface area contributed by atoms with Gasteiger partial charge in [-0.2, -0.15) is 0 Å². The Morgan fingerprint density at radius 3 is 2.76 bits per heavy atom. The molecule has 7 nitrogen and oxygen atoms in total. The van der Waals surface area contributed by atoms with Gasteiger partial charge >= 0.3 is 6.03 Å². The van der Waals surface area contributed by atoms with Gasteiger partial charge in [-0.15, -0.1) is 0 Å². The lowest BCUT2D eigenvalue weighted by Gasteiger charge is -2.33. The van der Waals surface area contributed by atoms with Crippen LogP contribution < -0.4 is 16.4 Å². The minimum absolute atomic E-state index is 0.0266. The molecule has 2 atom stereocenters. The number of urea groups is 1. The summed E-state index contributed by atoms with van der Waals surface area (Å²) in [5, 5.41) is 5.09. The molecule has 1 saturated heterocycles. The van der Waals surface area contributed by atoms with E-state index >= 15 is 0 Å². The Morgan fingerprint density at radius 1 is 1.48 bits per heavy atom. The Hall–Kier alpha value is -1.93. The molecule has 2 unspecified atom stereocenters. The summed E-state index contributed by atoms with van der Waals surface area (Å²) in [6, 6.07) is 5.87. The van der Waals surface area contributed by atoms with Crippen molar-refractivity contribution in [2.45, 2.75) is 17.9 Å². The average molecular weight is 310 g/mol. The van der Waals surface area contributed by atoms with Gasteiger partial charge in [0.05, 0.1) is 4.90 Å². The minimum atomic E-state index is -1.46. The molecule has 0 bridgehead atoms. The third-order valence-electron chi connectivity index (χ3n) is 3.19. The van der Waals surface area contributed by atoms with E-state index in [-0.39, 0.29) is 12.5 Å². The molecule has 1 heterocycles. The molecule has 4 N–H and O–H groups in total. The number of benzene rings is 1. The van der Waals surface area contributed by atoms with Gasteiger partial charge in [0.25, 0.3) is 0 Å². The van der Waals surface area contributed by atoms with Crippen molar-refractivity contribution in [3.8, 4) is 0 Å². The summed E-state index contributed by atoms with van der Waals surface area (Å²) >= 11 is 0. The second kappa shape index (κ2) is 6.68. The quantitative estimate of drug-likeness (QED) is 0.697. The number of hydrogen-bond acceptors (Lipinski definition) is 3. The number of nitrogens with one attached hydrogen (secondary N) is 2. The van der Waals surface area contributed by atoms with E-state index in [2.05, 4.69) is 10.6 Å². The van der Waals surface area contributed by atoms with Gasteiger partial charge in [0.2, 0.25) is 5.91 Å². The summed E-state index contributed by atoms with van der Waals surface area (Å²) in [6.07, 6.45) is 0. The maximum absolute atomic E-state index is 12.6. The van der Waals surface area contributed by atoms with Gasteiger partial charge in [-0.05, 0) is 19.1 Å². The summed E-state index contributed by atoms with van der Waals surface area (Å²) in [7, 11) is -1.46. The highest BCUT2D eigenvalue weighted by Gasteiger charge is 2.33. The number of carbonyl (C=O) groups is 2. The number of primary amides is 1. The largest absolute Gasteiger partial charge is 0.353 e. The minimum Gasteiger partial charge on any atom is -0.353 e. The summed E-state index contributed by atoms with van der Waals surface area (Å²) in [5.74, 6) is -0.268. The smallest absolute Gasteiger partial charge is 0.312 e. The standard InChI is InChI=1S/C13H18N4O3S/c1-9-2-4-10(5-3-9)21(20)17-7-6-15-12(18)11(17)8-16-13(14)19/h2-5,11H,6-8H2,1H3,(H,15,18)(H3,14,16,19). The molecule has 2 rings (SSSR count). The lowest BCUT2D eigenvalue weighted by molar-refractivity contribution is -0.126. The molecule has 1 aromatic rings. The number of rotatable bonds is 4. The van der Waals surface area contributed by atoms with Crippen LogP contribution in [0, 0.1) is 6.92 Å². The van der Waals surface area contributed by atoms with E-state index in [1.807, 2.05) is 19.1 Å². The molecule has 1 aliphatic rings. The van der Waals surface area contributed by atoms with Crippen molar-refractivity contribution in [3.05, 3.63) is 29.8 Å². The summed E-state index contributed by atoms with van der Waals surface area (Å²) in [4.78, 5) is 23.4. The fourth-order valence-corrected chi connectivity index (χ4v) is 3.37. The van der Waals surface area contributed by atoms with Crippen LogP contribution >= 0.6 is 0 Å². The highest BCUT2D eigenvalue weighted by molar-refractivity contribution is 7.82. The Morgan fingerprint density at radius 2 is 2.14 bits per heavy atom. The zero-order valence-corrected chi connectivity index (χ0v) is 12.5. The van der Waals surface area contributed by atoms with Gasteiger partial charge < -0.3 is 16.4 Å². The lowest BCUT2D eigenvalue weighted by Crippen LogP contribution is -2.59. The van der Waals surface area contributed by atoms with Crippen molar-refractivity contribution in [2.75, 3.05) is 19.6 Å². The van der Waals surface area contributed by atoms with Crippen molar-refractivity contribution in [1.29, 1.82) is 0 Å². The van der Waals surface area contributed by atoms with Gasteiger partial charge in [-0.1, -0.05) is 17.7 Å². The monoisotopic (exact) mass is 310 g/mol. The first-order chi connectivity index (χ1) is 9.99. The van der Waals surface area contributed by atoms with Crippen LogP contribution in [0.15, 0.2) is 29.2 Å².